The molecule has 0 saturated carbocycles. The predicted molar refractivity (Wildman–Crippen MR) is 120 cm³/mol. The number of rotatable bonds is 11. The maximum absolute atomic E-state index is 12.9. The van der Waals surface area contributed by atoms with E-state index in [1.165, 1.54) is 19.1 Å². The van der Waals surface area contributed by atoms with Gasteiger partial charge in [-0.25, -0.2) is 8.42 Å². The van der Waals surface area contributed by atoms with Crippen LogP contribution in [0.5, 0.6) is 0 Å². The second-order valence-corrected chi connectivity index (χ2v) is 9.19. The molecule has 9 heteroatoms. The fourth-order valence-corrected chi connectivity index (χ4v) is 4.24. The van der Waals surface area contributed by atoms with Gasteiger partial charge in [-0.2, -0.15) is 4.72 Å². The average molecular weight is 447 g/mol. The molecule has 0 heterocycles. The van der Waals surface area contributed by atoms with Gasteiger partial charge >= 0.3 is 0 Å². The summed E-state index contributed by atoms with van der Waals surface area (Å²) in [6, 6.07) is 12.2. The topological polar surface area (TPSA) is 145 Å². The van der Waals surface area contributed by atoms with E-state index in [1.54, 1.807) is 36.4 Å². The van der Waals surface area contributed by atoms with Crippen LogP contribution in [0.25, 0.3) is 0 Å². The molecular weight excluding hydrogens is 416 g/mol. The number of carbonyl (C=O) groups excluding carboxylic acids is 1. The van der Waals surface area contributed by atoms with Crippen LogP contribution in [0.2, 0.25) is 0 Å². The summed E-state index contributed by atoms with van der Waals surface area (Å²) in [6.45, 7) is 3.56. The van der Waals surface area contributed by atoms with Crippen molar-refractivity contribution in [3.05, 3.63) is 65.2 Å². The molecular formula is C22H30N4O4S. The maximum atomic E-state index is 12.9. The number of hydrogen-bond donors (Lipinski definition) is 5. The van der Waals surface area contributed by atoms with Gasteiger partial charge in [0.25, 0.3) is 0 Å². The van der Waals surface area contributed by atoms with Gasteiger partial charge < -0.3 is 16.2 Å². The molecule has 2 rings (SSSR count). The van der Waals surface area contributed by atoms with Crippen LogP contribution in [-0.2, 0) is 27.7 Å². The lowest BCUT2D eigenvalue weighted by Crippen LogP contribution is -2.49. The highest BCUT2D eigenvalue weighted by Gasteiger charge is 2.26. The first-order valence-electron chi connectivity index (χ1n) is 10.1. The Morgan fingerprint density at radius 1 is 1.16 bits per heavy atom. The van der Waals surface area contributed by atoms with Crippen molar-refractivity contribution >= 4 is 21.8 Å². The Kier molecular flexibility index (Phi) is 8.73. The Hall–Kier alpha value is -2.75. The SMILES string of the molecule is CCCc1ccc(S(=O)(=O)N[C@@H](Cc2cccc(C(=N)N)c2)C(=O)NCC(C)O)cc1. The predicted octanol–water partition coefficient (Wildman–Crippen LogP) is 1.31. The number of nitrogens with one attached hydrogen (secondary N) is 3. The highest BCUT2D eigenvalue weighted by molar-refractivity contribution is 7.89. The van der Waals surface area contributed by atoms with E-state index in [2.05, 4.69) is 10.0 Å². The van der Waals surface area contributed by atoms with Crippen LogP contribution < -0.4 is 15.8 Å². The number of aliphatic hydroxyl groups excluding tert-OH is 1. The summed E-state index contributed by atoms with van der Waals surface area (Å²) < 4.78 is 28.3. The summed E-state index contributed by atoms with van der Waals surface area (Å²) in [5.74, 6) is -0.676. The molecule has 0 aliphatic carbocycles. The molecule has 0 fully saturated rings. The van der Waals surface area contributed by atoms with E-state index >= 15 is 0 Å². The zero-order valence-corrected chi connectivity index (χ0v) is 18.6. The molecule has 2 aromatic carbocycles. The van der Waals surface area contributed by atoms with Gasteiger partial charge in [-0.15, -0.1) is 0 Å². The Morgan fingerprint density at radius 3 is 2.42 bits per heavy atom. The first kappa shape index (κ1) is 24.5. The van der Waals surface area contributed by atoms with Crippen LogP contribution in [-0.4, -0.2) is 44.0 Å². The third-order valence-electron chi connectivity index (χ3n) is 4.64. The minimum Gasteiger partial charge on any atom is -0.392 e. The molecule has 0 saturated heterocycles. The first-order valence-corrected chi connectivity index (χ1v) is 11.6. The molecule has 0 spiro atoms. The molecule has 8 nitrogen and oxygen atoms in total. The van der Waals surface area contributed by atoms with E-state index in [0.29, 0.717) is 11.1 Å². The number of amides is 1. The second kappa shape index (κ2) is 11.0. The maximum Gasteiger partial charge on any atom is 0.241 e. The van der Waals surface area contributed by atoms with Crippen molar-refractivity contribution in [2.24, 2.45) is 5.73 Å². The molecule has 0 bridgehead atoms. The van der Waals surface area contributed by atoms with Crippen LogP contribution >= 0.6 is 0 Å². The lowest BCUT2D eigenvalue weighted by Gasteiger charge is -2.20. The van der Waals surface area contributed by atoms with Crippen LogP contribution in [0, 0.1) is 5.41 Å². The van der Waals surface area contributed by atoms with Crippen LogP contribution in [0.1, 0.15) is 37.0 Å². The third kappa shape index (κ3) is 7.46. The molecule has 6 N–H and O–H groups in total. The van der Waals surface area contributed by atoms with Gasteiger partial charge in [-0.3, -0.25) is 10.2 Å². The zero-order valence-electron chi connectivity index (χ0n) is 17.8. The smallest absolute Gasteiger partial charge is 0.241 e. The molecule has 0 aliphatic heterocycles. The van der Waals surface area contributed by atoms with Gasteiger partial charge in [-0.1, -0.05) is 43.7 Å². The minimum atomic E-state index is -3.96. The summed E-state index contributed by atoms with van der Waals surface area (Å²) in [6.07, 6.45) is 1.09. The number of benzene rings is 2. The van der Waals surface area contributed by atoms with Crippen LogP contribution in [0.15, 0.2) is 53.4 Å². The number of nitrogen functional groups attached to an aromatic ring is 1. The zero-order chi connectivity index (χ0) is 23.0. The minimum absolute atomic E-state index is 0.00371. The van der Waals surface area contributed by atoms with Crippen molar-refractivity contribution in [1.82, 2.24) is 10.0 Å². The van der Waals surface area contributed by atoms with Crippen LogP contribution in [0.3, 0.4) is 0 Å². The van der Waals surface area contributed by atoms with Gasteiger partial charge in [0.05, 0.1) is 11.0 Å². The lowest BCUT2D eigenvalue weighted by molar-refractivity contribution is -0.123. The number of sulfonamides is 1. The molecule has 0 aromatic heterocycles. The number of hydrogen-bond acceptors (Lipinski definition) is 5. The fraction of sp³-hybridized carbons (Fsp3) is 0.364. The molecule has 0 aliphatic rings. The van der Waals surface area contributed by atoms with E-state index in [9.17, 15) is 18.3 Å². The lowest BCUT2D eigenvalue weighted by atomic mass is 10.0. The molecule has 31 heavy (non-hydrogen) atoms. The average Bonchev–Trinajstić information content (AvgIpc) is 2.72. The summed E-state index contributed by atoms with van der Waals surface area (Å²) >= 11 is 0. The van der Waals surface area contributed by atoms with Gasteiger partial charge in [-0.05, 0) is 49.1 Å². The molecule has 168 valence electrons. The Morgan fingerprint density at radius 2 is 1.84 bits per heavy atom. The monoisotopic (exact) mass is 446 g/mol. The van der Waals surface area contributed by atoms with E-state index in [-0.39, 0.29) is 23.7 Å². The van der Waals surface area contributed by atoms with Crippen molar-refractivity contribution in [3.8, 4) is 0 Å². The summed E-state index contributed by atoms with van der Waals surface area (Å²) in [5, 5.41) is 19.6. The molecule has 0 radical (unpaired) electrons. The second-order valence-electron chi connectivity index (χ2n) is 7.48. The van der Waals surface area contributed by atoms with Gasteiger partial charge in [0.15, 0.2) is 0 Å². The van der Waals surface area contributed by atoms with Crippen molar-refractivity contribution in [3.63, 3.8) is 0 Å². The quantitative estimate of drug-likeness (QED) is 0.261. The van der Waals surface area contributed by atoms with Crippen molar-refractivity contribution in [2.75, 3.05) is 6.54 Å². The van der Waals surface area contributed by atoms with Crippen LogP contribution in [0.4, 0.5) is 0 Å². The molecule has 2 atom stereocenters. The Bertz CT molecular complexity index is 1000. The standard InChI is InChI=1S/C22H30N4O4S/c1-3-5-16-8-10-19(11-9-16)31(29,30)26-20(22(28)25-14-15(2)27)13-17-6-4-7-18(12-17)21(23)24/h4,6-12,15,20,26-27H,3,5,13-14H2,1-2H3,(H3,23,24)(H,25,28)/t15?,20-/m0/s1. The van der Waals surface area contributed by atoms with Crippen molar-refractivity contribution < 1.29 is 18.3 Å². The number of carbonyl (C=O) groups is 1. The van der Waals surface area contributed by atoms with E-state index < -0.39 is 28.1 Å². The molecule has 1 amide bonds. The van der Waals surface area contributed by atoms with Crippen molar-refractivity contribution in [1.29, 1.82) is 5.41 Å². The fourth-order valence-electron chi connectivity index (χ4n) is 3.04. The third-order valence-corrected chi connectivity index (χ3v) is 6.12. The van der Waals surface area contributed by atoms with Gasteiger partial charge in [0, 0.05) is 12.1 Å². The molecule has 1 unspecified atom stereocenters. The normalized spacial score (nSPS) is 13.4. The molecule has 2 aromatic rings. The highest BCUT2D eigenvalue weighted by Crippen LogP contribution is 2.14. The van der Waals surface area contributed by atoms with E-state index in [0.717, 1.165) is 18.4 Å². The number of amidine groups is 1. The highest BCUT2D eigenvalue weighted by atomic mass is 32.2. The van der Waals surface area contributed by atoms with Gasteiger partial charge in [0.2, 0.25) is 15.9 Å². The largest absolute Gasteiger partial charge is 0.392 e. The Balaban J connectivity index is 2.27. The Labute approximate surface area is 183 Å². The number of aryl methyl sites for hydroxylation is 1. The van der Waals surface area contributed by atoms with E-state index in [4.69, 9.17) is 11.1 Å². The van der Waals surface area contributed by atoms with E-state index in [1.807, 2.05) is 6.92 Å². The summed E-state index contributed by atoms with van der Waals surface area (Å²) in [7, 11) is -3.96. The summed E-state index contributed by atoms with van der Waals surface area (Å²) in [5.41, 5.74) is 7.69. The first-order chi connectivity index (χ1) is 14.6. The van der Waals surface area contributed by atoms with Gasteiger partial charge in [0.1, 0.15) is 11.9 Å². The van der Waals surface area contributed by atoms with Crippen molar-refractivity contribution in [2.45, 2.75) is 50.2 Å². The number of aliphatic hydroxyl groups is 1. The number of nitrogens with two attached hydrogens (primary N) is 1. The summed E-state index contributed by atoms with van der Waals surface area (Å²) in [4.78, 5) is 12.8.